The van der Waals surface area contributed by atoms with E-state index in [1.807, 2.05) is 0 Å². The van der Waals surface area contributed by atoms with Crippen LogP contribution in [-0.4, -0.2) is 66.3 Å². The van der Waals surface area contributed by atoms with E-state index < -0.39 is 24.5 Å². The lowest BCUT2D eigenvalue weighted by Crippen LogP contribution is -2.33. The van der Waals surface area contributed by atoms with E-state index in [1.54, 1.807) is 4.57 Å². The van der Waals surface area contributed by atoms with Crippen LogP contribution >= 0.6 is 0 Å². The van der Waals surface area contributed by atoms with Crippen molar-refractivity contribution in [3.8, 4) is 0 Å². The first kappa shape index (κ1) is 16.1. The molecule has 0 aromatic carbocycles. The first-order valence-corrected chi connectivity index (χ1v) is 7.71. The van der Waals surface area contributed by atoms with Gasteiger partial charge in [-0.1, -0.05) is 13.3 Å². The first-order chi connectivity index (χ1) is 11.2. The van der Waals surface area contributed by atoms with Crippen LogP contribution in [0, 0.1) is 0 Å². The summed E-state index contributed by atoms with van der Waals surface area (Å²) in [6.45, 7) is 2.51. The summed E-state index contributed by atoms with van der Waals surface area (Å²) in [6.07, 6.45) is 0.962. The van der Waals surface area contributed by atoms with E-state index in [0.29, 0.717) is 17.0 Å². The van der Waals surface area contributed by atoms with Gasteiger partial charge in [-0.15, -0.1) is 0 Å². The zero-order valence-electron chi connectivity index (χ0n) is 12.8. The van der Waals surface area contributed by atoms with E-state index in [2.05, 4.69) is 27.2 Å². The van der Waals surface area contributed by atoms with Gasteiger partial charge in [0.15, 0.2) is 23.2 Å². The summed E-state index contributed by atoms with van der Waals surface area (Å²) < 4.78 is 7.07. The van der Waals surface area contributed by atoms with Gasteiger partial charge in [-0.3, -0.25) is 4.57 Å². The highest BCUT2D eigenvalue weighted by Crippen LogP contribution is 2.31. The molecule has 126 valence electrons. The van der Waals surface area contributed by atoms with E-state index >= 15 is 0 Å². The average molecular weight is 323 g/mol. The molecule has 0 spiro atoms. The zero-order valence-corrected chi connectivity index (χ0v) is 12.8. The van der Waals surface area contributed by atoms with Crippen LogP contribution in [0.15, 0.2) is 12.7 Å². The molecule has 1 saturated heterocycles. The Morgan fingerprint density at radius 3 is 2.78 bits per heavy atom. The molecule has 3 rings (SSSR count). The van der Waals surface area contributed by atoms with Crippen LogP contribution in [0.3, 0.4) is 0 Å². The Bertz CT molecular complexity index is 664. The van der Waals surface area contributed by atoms with Gasteiger partial charge >= 0.3 is 0 Å². The molecule has 4 unspecified atom stereocenters. The molecule has 1 aliphatic rings. The quantitative estimate of drug-likeness (QED) is 0.532. The van der Waals surface area contributed by atoms with Gasteiger partial charge in [-0.05, 0) is 6.42 Å². The van der Waals surface area contributed by atoms with Crippen LogP contribution in [-0.2, 0) is 4.74 Å². The third-order valence-corrected chi connectivity index (χ3v) is 3.97. The third-order valence-electron chi connectivity index (χ3n) is 3.97. The van der Waals surface area contributed by atoms with Crippen LogP contribution in [0.5, 0.6) is 0 Å². The number of aliphatic hydroxyl groups excluding tert-OH is 3. The molecule has 1 aliphatic heterocycles. The minimum atomic E-state index is -1.17. The van der Waals surface area contributed by atoms with Gasteiger partial charge in [0.1, 0.15) is 24.6 Å². The lowest BCUT2D eigenvalue weighted by atomic mass is 10.1. The second-order valence-electron chi connectivity index (χ2n) is 5.56. The zero-order chi connectivity index (χ0) is 16.4. The maximum Gasteiger partial charge on any atom is 0.167 e. The summed E-state index contributed by atoms with van der Waals surface area (Å²) in [4.78, 5) is 12.7. The van der Waals surface area contributed by atoms with E-state index in [4.69, 9.17) is 4.74 Å². The minimum Gasteiger partial charge on any atom is -0.394 e. The topological polar surface area (TPSA) is 126 Å². The molecule has 4 atom stereocenters. The highest BCUT2D eigenvalue weighted by molar-refractivity contribution is 5.82. The molecular formula is C14H21N5O4. The molecule has 9 heteroatoms. The van der Waals surface area contributed by atoms with Crippen LogP contribution in [0.2, 0.25) is 0 Å². The fourth-order valence-corrected chi connectivity index (χ4v) is 2.66. The van der Waals surface area contributed by atoms with Crippen LogP contribution in [0.4, 0.5) is 5.82 Å². The molecule has 2 aromatic heterocycles. The van der Waals surface area contributed by atoms with Gasteiger partial charge in [-0.25, -0.2) is 15.0 Å². The lowest BCUT2D eigenvalue weighted by molar-refractivity contribution is -0.0511. The summed E-state index contributed by atoms with van der Waals surface area (Å²) in [5.74, 6) is 0.619. The van der Waals surface area contributed by atoms with E-state index in [0.717, 1.165) is 19.4 Å². The number of hydrogen-bond donors (Lipinski definition) is 4. The van der Waals surface area contributed by atoms with Crippen molar-refractivity contribution in [2.24, 2.45) is 0 Å². The number of hydrogen-bond acceptors (Lipinski definition) is 8. The lowest BCUT2D eigenvalue weighted by Gasteiger charge is -2.16. The van der Waals surface area contributed by atoms with Gasteiger partial charge < -0.3 is 25.4 Å². The van der Waals surface area contributed by atoms with Crippen LogP contribution in [0.25, 0.3) is 11.2 Å². The van der Waals surface area contributed by atoms with Gasteiger partial charge in [0.05, 0.1) is 12.9 Å². The molecule has 23 heavy (non-hydrogen) atoms. The maximum atomic E-state index is 10.1. The molecule has 1 fully saturated rings. The van der Waals surface area contributed by atoms with Crippen molar-refractivity contribution < 1.29 is 20.1 Å². The van der Waals surface area contributed by atoms with Crippen molar-refractivity contribution in [2.45, 2.75) is 44.3 Å². The number of aliphatic hydroxyl groups is 3. The predicted octanol–water partition coefficient (Wildman–Crippen LogP) is -0.350. The van der Waals surface area contributed by atoms with Gasteiger partial charge in [0.2, 0.25) is 0 Å². The van der Waals surface area contributed by atoms with Crippen molar-refractivity contribution >= 4 is 17.0 Å². The second kappa shape index (κ2) is 6.75. The number of aromatic nitrogens is 4. The molecule has 0 radical (unpaired) electrons. The number of ether oxygens (including phenoxy) is 1. The number of rotatable bonds is 6. The number of unbranched alkanes of at least 4 members (excludes halogenated alkanes) is 1. The summed E-state index contributed by atoms with van der Waals surface area (Å²) in [5, 5.41) is 32.4. The van der Waals surface area contributed by atoms with Crippen molar-refractivity contribution in [2.75, 3.05) is 18.5 Å². The van der Waals surface area contributed by atoms with E-state index in [9.17, 15) is 15.3 Å². The summed E-state index contributed by atoms with van der Waals surface area (Å²) in [6, 6.07) is 0. The van der Waals surface area contributed by atoms with Crippen molar-refractivity contribution in [3.63, 3.8) is 0 Å². The molecule has 3 heterocycles. The van der Waals surface area contributed by atoms with Gasteiger partial charge in [0.25, 0.3) is 0 Å². The standard InChI is InChI=1S/C14H21N5O4/c1-2-3-4-15-12-9-13(17-6-16-12)19(7-18-9)14-11(22)10(21)8(5-20)23-14/h6-8,10-11,14,20-22H,2-5H2,1H3,(H,15,16,17). The molecule has 4 N–H and O–H groups in total. The van der Waals surface area contributed by atoms with Crippen molar-refractivity contribution in [3.05, 3.63) is 12.7 Å². The Morgan fingerprint density at radius 2 is 2.09 bits per heavy atom. The largest absolute Gasteiger partial charge is 0.394 e. The second-order valence-corrected chi connectivity index (χ2v) is 5.56. The Morgan fingerprint density at radius 1 is 1.26 bits per heavy atom. The predicted molar refractivity (Wildman–Crippen MR) is 81.7 cm³/mol. The number of nitrogens with zero attached hydrogens (tertiary/aromatic N) is 4. The van der Waals surface area contributed by atoms with Crippen LogP contribution in [0.1, 0.15) is 26.0 Å². The monoisotopic (exact) mass is 323 g/mol. The number of fused-ring (bicyclic) bond motifs is 1. The van der Waals surface area contributed by atoms with E-state index in [1.165, 1.54) is 12.7 Å². The minimum absolute atomic E-state index is 0.375. The number of nitrogens with one attached hydrogen (secondary N) is 1. The van der Waals surface area contributed by atoms with E-state index in [-0.39, 0.29) is 6.61 Å². The Labute approximate surface area is 133 Å². The highest BCUT2D eigenvalue weighted by Gasteiger charge is 2.43. The van der Waals surface area contributed by atoms with Gasteiger partial charge in [-0.2, -0.15) is 0 Å². The summed E-state index contributed by atoms with van der Waals surface area (Å²) >= 11 is 0. The van der Waals surface area contributed by atoms with Crippen molar-refractivity contribution in [1.82, 2.24) is 19.5 Å². The first-order valence-electron chi connectivity index (χ1n) is 7.71. The van der Waals surface area contributed by atoms with Crippen LogP contribution < -0.4 is 5.32 Å². The number of imidazole rings is 1. The fraction of sp³-hybridized carbons (Fsp3) is 0.643. The molecule has 0 amide bonds. The fourth-order valence-electron chi connectivity index (χ4n) is 2.66. The SMILES string of the molecule is CCCCNc1ncnc2c1ncn2C1OC(CO)C(O)C1O. The van der Waals surface area contributed by atoms with Crippen molar-refractivity contribution in [1.29, 1.82) is 0 Å². The molecule has 0 bridgehead atoms. The molecule has 0 saturated carbocycles. The Hall–Kier alpha value is -1.81. The highest BCUT2D eigenvalue weighted by atomic mass is 16.6. The average Bonchev–Trinajstić information content (AvgIpc) is 3.11. The smallest absolute Gasteiger partial charge is 0.167 e. The normalized spacial score (nSPS) is 27.7. The van der Waals surface area contributed by atoms with Gasteiger partial charge in [0, 0.05) is 6.54 Å². The molecule has 0 aliphatic carbocycles. The Kier molecular flexibility index (Phi) is 4.71. The Balaban J connectivity index is 1.90. The summed E-state index contributed by atoms with van der Waals surface area (Å²) in [7, 11) is 0. The third kappa shape index (κ3) is 2.88. The maximum absolute atomic E-state index is 10.1. The number of anilines is 1. The molecule has 2 aromatic rings. The molecule has 9 nitrogen and oxygen atoms in total. The summed E-state index contributed by atoms with van der Waals surface area (Å²) in [5.41, 5.74) is 1.06. The molecular weight excluding hydrogens is 302 g/mol.